The minimum Gasteiger partial charge on any atom is -0.488 e. The van der Waals surface area contributed by atoms with E-state index < -0.39 is 0 Å². The number of benzene rings is 1. The Morgan fingerprint density at radius 2 is 2.07 bits per heavy atom. The normalized spacial score (nSPS) is 17.0. The molecule has 0 radical (unpaired) electrons. The number of fused-ring (bicyclic) bond motifs is 2. The summed E-state index contributed by atoms with van der Waals surface area (Å²) in [5.74, 6) is 0.727. The van der Waals surface area contributed by atoms with E-state index in [2.05, 4.69) is 29.5 Å². The molecule has 1 fully saturated rings. The van der Waals surface area contributed by atoms with Gasteiger partial charge in [-0.2, -0.15) is 0 Å². The summed E-state index contributed by atoms with van der Waals surface area (Å²) in [6.45, 7) is 5.01. The molecular weight excluding hydrogens is 358 g/mol. The molecular formula is C22H25NO3S. The largest absolute Gasteiger partial charge is 0.488 e. The van der Waals surface area contributed by atoms with Gasteiger partial charge in [-0.25, -0.2) is 0 Å². The second kappa shape index (κ2) is 7.87. The summed E-state index contributed by atoms with van der Waals surface area (Å²) < 4.78 is 11.3. The molecule has 3 heterocycles. The van der Waals surface area contributed by atoms with Gasteiger partial charge in [-0.15, -0.1) is 11.3 Å². The highest BCUT2D eigenvalue weighted by molar-refractivity contribution is 7.11. The first-order valence-electron chi connectivity index (χ1n) is 9.54. The molecule has 0 unspecified atom stereocenters. The summed E-state index contributed by atoms with van der Waals surface area (Å²) in [7, 11) is 2.18. The molecule has 0 amide bonds. The number of rotatable bonds is 3. The molecule has 27 heavy (non-hydrogen) atoms. The van der Waals surface area contributed by atoms with Crippen LogP contribution in [0.3, 0.4) is 0 Å². The molecule has 1 aromatic carbocycles. The predicted octanol–water partition coefficient (Wildman–Crippen LogP) is 4.27. The molecule has 1 aromatic heterocycles. The molecule has 2 aliphatic heterocycles. The zero-order valence-electron chi connectivity index (χ0n) is 15.9. The van der Waals surface area contributed by atoms with E-state index in [0.29, 0.717) is 19.6 Å². The maximum absolute atomic E-state index is 12.0. The Labute approximate surface area is 164 Å². The molecule has 0 aliphatic carbocycles. The predicted molar refractivity (Wildman–Crippen MR) is 108 cm³/mol. The second-order valence-corrected chi connectivity index (χ2v) is 8.07. The van der Waals surface area contributed by atoms with E-state index in [1.54, 1.807) is 11.3 Å². The van der Waals surface area contributed by atoms with Crippen molar-refractivity contribution in [1.29, 1.82) is 0 Å². The van der Waals surface area contributed by atoms with Crippen LogP contribution in [-0.2, 0) is 22.6 Å². The number of carbonyl (C=O) groups is 1. The van der Waals surface area contributed by atoms with Gasteiger partial charge in [0.2, 0.25) is 0 Å². The molecule has 2 aromatic rings. The fraction of sp³-hybridized carbons (Fsp3) is 0.409. The fourth-order valence-corrected chi connectivity index (χ4v) is 4.84. The van der Waals surface area contributed by atoms with Gasteiger partial charge in [-0.3, -0.25) is 4.79 Å². The van der Waals surface area contributed by atoms with Crippen molar-refractivity contribution in [3.8, 4) is 5.75 Å². The van der Waals surface area contributed by atoms with Crippen molar-refractivity contribution in [3.05, 3.63) is 56.8 Å². The van der Waals surface area contributed by atoms with Crippen LogP contribution in [0.25, 0.3) is 5.57 Å². The maximum Gasteiger partial charge on any atom is 0.310 e. The van der Waals surface area contributed by atoms with Gasteiger partial charge in [0.15, 0.2) is 0 Å². The highest BCUT2D eigenvalue weighted by Gasteiger charge is 2.25. The minimum absolute atomic E-state index is 0.183. The van der Waals surface area contributed by atoms with Crippen LogP contribution in [-0.4, -0.2) is 37.6 Å². The van der Waals surface area contributed by atoms with Crippen molar-refractivity contribution < 1.29 is 14.3 Å². The summed E-state index contributed by atoms with van der Waals surface area (Å²) >= 11 is 1.79. The Morgan fingerprint density at radius 1 is 1.26 bits per heavy atom. The van der Waals surface area contributed by atoms with Crippen LogP contribution >= 0.6 is 11.3 Å². The first-order chi connectivity index (χ1) is 13.2. The third-order valence-corrected chi connectivity index (χ3v) is 6.24. The number of nitrogens with zero attached hydrogens (tertiary/aromatic N) is 1. The lowest BCUT2D eigenvalue weighted by molar-refractivity contribution is -0.142. The summed E-state index contributed by atoms with van der Waals surface area (Å²) in [6.07, 6.45) is 2.44. The molecule has 0 saturated carbocycles. The van der Waals surface area contributed by atoms with Crippen LogP contribution in [0.15, 0.2) is 35.2 Å². The third-order valence-electron chi connectivity index (χ3n) is 5.27. The van der Waals surface area contributed by atoms with Crippen LogP contribution in [0.1, 0.15) is 41.3 Å². The average molecular weight is 384 g/mol. The molecule has 4 nitrogen and oxygen atoms in total. The summed E-state index contributed by atoms with van der Waals surface area (Å²) in [5.41, 5.74) is 6.17. The lowest BCUT2D eigenvalue weighted by Gasteiger charge is -2.26. The molecule has 0 bridgehead atoms. The van der Waals surface area contributed by atoms with E-state index in [4.69, 9.17) is 9.47 Å². The Hall–Kier alpha value is -2.11. The molecule has 2 aliphatic rings. The molecule has 0 atom stereocenters. The van der Waals surface area contributed by atoms with Crippen LogP contribution in [0.5, 0.6) is 5.75 Å². The number of hydrogen-bond acceptors (Lipinski definition) is 5. The van der Waals surface area contributed by atoms with Gasteiger partial charge >= 0.3 is 5.97 Å². The summed E-state index contributed by atoms with van der Waals surface area (Å²) in [5, 5.41) is 2.15. The van der Waals surface area contributed by atoms with Gasteiger partial charge in [-0.1, -0.05) is 11.6 Å². The Balaban J connectivity index is 1.79. The van der Waals surface area contributed by atoms with E-state index in [1.807, 2.05) is 19.1 Å². The van der Waals surface area contributed by atoms with Crippen LogP contribution in [0.4, 0.5) is 0 Å². The first-order valence-corrected chi connectivity index (χ1v) is 10.4. The van der Waals surface area contributed by atoms with Gasteiger partial charge in [0.1, 0.15) is 12.4 Å². The quantitative estimate of drug-likeness (QED) is 0.742. The number of likely N-dealkylation sites (tertiary alicyclic amines) is 1. The Kier molecular flexibility index (Phi) is 5.32. The molecule has 0 spiro atoms. The average Bonchev–Trinajstić information content (AvgIpc) is 3.05. The fourth-order valence-electron chi connectivity index (χ4n) is 3.82. The zero-order valence-corrected chi connectivity index (χ0v) is 16.7. The molecule has 0 N–H and O–H groups in total. The van der Waals surface area contributed by atoms with Gasteiger partial charge in [0.05, 0.1) is 13.0 Å². The van der Waals surface area contributed by atoms with Crippen LogP contribution in [0, 0.1) is 0 Å². The Morgan fingerprint density at radius 3 is 2.85 bits per heavy atom. The Bertz CT molecular complexity index is 873. The highest BCUT2D eigenvalue weighted by Crippen LogP contribution is 2.43. The van der Waals surface area contributed by atoms with Crippen molar-refractivity contribution in [1.82, 2.24) is 4.90 Å². The maximum atomic E-state index is 12.0. The number of piperidine rings is 1. The molecule has 1 saturated heterocycles. The first kappa shape index (κ1) is 18.3. The van der Waals surface area contributed by atoms with Gasteiger partial charge in [-0.05, 0) is 56.0 Å². The highest BCUT2D eigenvalue weighted by atomic mass is 32.1. The number of ether oxygens (including phenoxy) is 2. The summed E-state index contributed by atoms with van der Waals surface area (Å²) in [6, 6.07) is 8.28. The lowest BCUT2D eigenvalue weighted by atomic mass is 9.90. The monoisotopic (exact) mass is 383 g/mol. The third kappa shape index (κ3) is 3.80. The van der Waals surface area contributed by atoms with Gasteiger partial charge in [0, 0.05) is 34.7 Å². The number of hydrogen-bond donors (Lipinski definition) is 0. The van der Waals surface area contributed by atoms with Crippen LogP contribution in [0.2, 0.25) is 0 Å². The van der Waals surface area contributed by atoms with Crippen molar-refractivity contribution in [2.75, 3.05) is 26.7 Å². The van der Waals surface area contributed by atoms with E-state index in [0.717, 1.165) is 42.8 Å². The smallest absolute Gasteiger partial charge is 0.310 e. The van der Waals surface area contributed by atoms with Gasteiger partial charge in [0.25, 0.3) is 0 Å². The second-order valence-electron chi connectivity index (χ2n) is 7.16. The molecule has 5 heteroatoms. The number of thiophene rings is 1. The van der Waals surface area contributed by atoms with E-state index >= 15 is 0 Å². The van der Waals surface area contributed by atoms with Crippen molar-refractivity contribution >= 4 is 22.9 Å². The summed E-state index contributed by atoms with van der Waals surface area (Å²) in [4.78, 5) is 15.7. The van der Waals surface area contributed by atoms with Gasteiger partial charge < -0.3 is 14.4 Å². The van der Waals surface area contributed by atoms with E-state index in [1.165, 1.54) is 21.6 Å². The van der Waals surface area contributed by atoms with E-state index in [9.17, 15) is 4.79 Å². The molecule has 142 valence electrons. The number of carbonyl (C=O) groups excluding carboxylic acids is 1. The van der Waals surface area contributed by atoms with Crippen molar-refractivity contribution in [2.45, 2.75) is 32.8 Å². The SMILES string of the molecule is CCOC(=O)Cc1ccc2c(c1)C(=C1CCN(C)CC1)c1sccc1CO2. The van der Waals surface area contributed by atoms with Crippen molar-refractivity contribution in [2.24, 2.45) is 0 Å². The molecule has 4 rings (SSSR count). The number of esters is 1. The minimum atomic E-state index is -0.183. The standard InChI is InChI=1S/C22H25NO3S/c1-3-25-20(24)13-15-4-5-19-18(12-15)21(16-6-9-23(2)10-7-16)22-17(14-26-19)8-11-27-22/h4-5,8,11-12H,3,6-7,9-10,13-14H2,1-2H3. The van der Waals surface area contributed by atoms with E-state index in [-0.39, 0.29) is 5.97 Å². The topological polar surface area (TPSA) is 38.8 Å². The zero-order chi connectivity index (χ0) is 18.8. The lowest BCUT2D eigenvalue weighted by Crippen LogP contribution is -2.26. The van der Waals surface area contributed by atoms with Crippen LogP contribution < -0.4 is 4.74 Å². The van der Waals surface area contributed by atoms with Crippen molar-refractivity contribution in [3.63, 3.8) is 0 Å².